The van der Waals surface area contributed by atoms with Gasteiger partial charge in [0.15, 0.2) is 5.78 Å². The van der Waals surface area contributed by atoms with Gasteiger partial charge in [0.05, 0.1) is 11.3 Å². The Morgan fingerprint density at radius 3 is 2.61 bits per heavy atom. The van der Waals surface area contributed by atoms with Gasteiger partial charge in [-0.15, -0.1) is 11.3 Å². The molecule has 1 aliphatic carbocycles. The van der Waals surface area contributed by atoms with Gasteiger partial charge in [0.25, 0.3) is 0 Å². The van der Waals surface area contributed by atoms with E-state index in [1.54, 1.807) is 6.07 Å². The molecular formula is C14H18O3S. The Kier molecular flexibility index (Phi) is 4.53. The normalized spacial score (nSPS) is 18.4. The highest BCUT2D eigenvalue weighted by atomic mass is 32.1. The quantitative estimate of drug-likeness (QED) is 0.828. The zero-order valence-electron chi connectivity index (χ0n) is 10.3. The monoisotopic (exact) mass is 266 g/mol. The van der Waals surface area contributed by atoms with Crippen molar-refractivity contribution in [3.05, 3.63) is 22.4 Å². The van der Waals surface area contributed by atoms with E-state index in [0.717, 1.165) is 25.7 Å². The van der Waals surface area contributed by atoms with Crippen LogP contribution in [0.2, 0.25) is 0 Å². The van der Waals surface area contributed by atoms with Crippen molar-refractivity contribution in [2.45, 2.75) is 38.5 Å². The fraction of sp³-hybridized carbons (Fsp3) is 0.571. The molecule has 1 N–H and O–H groups in total. The molecular weight excluding hydrogens is 248 g/mol. The molecule has 1 unspecified atom stereocenters. The summed E-state index contributed by atoms with van der Waals surface area (Å²) in [6.45, 7) is 0. The Morgan fingerprint density at radius 1 is 1.33 bits per heavy atom. The van der Waals surface area contributed by atoms with Crippen LogP contribution in [0.1, 0.15) is 48.2 Å². The van der Waals surface area contributed by atoms with Gasteiger partial charge in [0.1, 0.15) is 0 Å². The van der Waals surface area contributed by atoms with Crippen LogP contribution in [0.5, 0.6) is 0 Å². The van der Waals surface area contributed by atoms with Crippen molar-refractivity contribution in [1.29, 1.82) is 0 Å². The van der Waals surface area contributed by atoms with Gasteiger partial charge in [-0.1, -0.05) is 25.3 Å². The van der Waals surface area contributed by atoms with Gasteiger partial charge in [0.2, 0.25) is 0 Å². The van der Waals surface area contributed by atoms with E-state index >= 15 is 0 Å². The maximum absolute atomic E-state index is 12.4. The lowest BCUT2D eigenvalue weighted by molar-refractivity contribution is -0.138. The van der Waals surface area contributed by atoms with Crippen LogP contribution in [0.3, 0.4) is 0 Å². The summed E-state index contributed by atoms with van der Waals surface area (Å²) in [6, 6.07) is 3.64. The number of carboxylic acids is 1. The number of hydrogen-bond donors (Lipinski definition) is 1. The number of rotatable bonds is 5. The third kappa shape index (κ3) is 3.19. The van der Waals surface area contributed by atoms with Crippen molar-refractivity contribution in [3.63, 3.8) is 0 Å². The first kappa shape index (κ1) is 13.3. The molecule has 0 radical (unpaired) electrons. The SMILES string of the molecule is O=C(O)CC(C(=O)c1cccs1)C1CCCCC1. The van der Waals surface area contributed by atoms with Crippen molar-refractivity contribution >= 4 is 23.1 Å². The van der Waals surface area contributed by atoms with Crippen LogP contribution in [0, 0.1) is 11.8 Å². The maximum Gasteiger partial charge on any atom is 0.304 e. The summed E-state index contributed by atoms with van der Waals surface area (Å²) in [5.41, 5.74) is 0. The van der Waals surface area contributed by atoms with E-state index in [1.807, 2.05) is 11.4 Å². The lowest BCUT2D eigenvalue weighted by atomic mass is 9.76. The molecule has 4 heteroatoms. The van der Waals surface area contributed by atoms with Crippen LogP contribution in [0.15, 0.2) is 17.5 Å². The van der Waals surface area contributed by atoms with E-state index in [0.29, 0.717) is 4.88 Å². The molecule has 1 fully saturated rings. The maximum atomic E-state index is 12.4. The zero-order chi connectivity index (χ0) is 13.0. The van der Waals surface area contributed by atoms with Crippen molar-refractivity contribution < 1.29 is 14.7 Å². The van der Waals surface area contributed by atoms with Crippen molar-refractivity contribution in [3.8, 4) is 0 Å². The fourth-order valence-corrected chi connectivity index (χ4v) is 3.53. The van der Waals surface area contributed by atoms with Gasteiger partial charge < -0.3 is 5.11 Å². The Labute approximate surface area is 111 Å². The smallest absolute Gasteiger partial charge is 0.304 e. The molecule has 98 valence electrons. The van der Waals surface area contributed by atoms with E-state index in [1.165, 1.54) is 17.8 Å². The first-order valence-corrected chi connectivity index (χ1v) is 7.36. The van der Waals surface area contributed by atoms with Gasteiger partial charge >= 0.3 is 5.97 Å². The average Bonchev–Trinajstić information content (AvgIpc) is 2.90. The van der Waals surface area contributed by atoms with Crippen molar-refractivity contribution in [1.82, 2.24) is 0 Å². The summed E-state index contributed by atoms with van der Waals surface area (Å²) in [5.74, 6) is -0.916. The summed E-state index contributed by atoms with van der Waals surface area (Å²) in [7, 11) is 0. The molecule has 0 aromatic carbocycles. The standard InChI is InChI=1S/C14H18O3S/c15-13(16)9-11(10-5-2-1-3-6-10)14(17)12-7-4-8-18-12/h4,7-8,10-11H,1-3,5-6,9H2,(H,15,16). The van der Waals surface area contributed by atoms with Crippen LogP contribution >= 0.6 is 11.3 Å². The molecule has 0 amide bonds. The minimum absolute atomic E-state index is 0.0264. The molecule has 1 heterocycles. The fourth-order valence-electron chi connectivity index (χ4n) is 2.80. The van der Waals surface area contributed by atoms with Crippen molar-refractivity contribution in [2.75, 3.05) is 0 Å². The van der Waals surface area contributed by atoms with E-state index < -0.39 is 5.97 Å². The molecule has 1 aliphatic rings. The van der Waals surface area contributed by atoms with Crippen LogP contribution in [0.4, 0.5) is 0 Å². The predicted octanol–water partition coefficient (Wildman–Crippen LogP) is 3.60. The topological polar surface area (TPSA) is 54.4 Å². The minimum Gasteiger partial charge on any atom is -0.481 e. The Hall–Kier alpha value is -1.16. The third-order valence-corrected chi connectivity index (χ3v) is 4.60. The Bertz CT molecular complexity index is 405. The predicted molar refractivity (Wildman–Crippen MR) is 71.0 cm³/mol. The van der Waals surface area contributed by atoms with Crippen LogP contribution in [0.25, 0.3) is 0 Å². The Balaban J connectivity index is 2.13. The molecule has 3 nitrogen and oxygen atoms in total. The number of Topliss-reactive ketones (excluding diaryl/α,β-unsaturated/α-hetero) is 1. The molecule has 0 spiro atoms. The highest BCUT2D eigenvalue weighted by molar-refractivity contribution is 7.12. The van der Waals surface area contributed by atoms with Gasteiger partial charge in [-0.3, -0.25) is 9.59 Å². The summed E-state index contributed by atoms with van der Waals surface area (Å²) in [6.07, 6.45) is 5.42. The molecule has 18 heavy (non-hydrogen) atoms. The van der Waals surface area contributed by atoms with Crippen LogP contribution < -0.4 is 0 Å². The molecule has 1 aromatic heterocycles. The van der Waals surface area contributed by atoms with Gasteiger partial charge in [-0.05, 0) is 30.2 Å². The second-order valence-corrected chi connectivity index (χ2v) is 5.89. The summed E-state index contributed by atoms with van der Waals surface area (Å²) in [5, 5.41) is 10.9. The van der Waals surface area contributed by atoms with Crippen LogP contribution in [-0.2, 0) is 4.79 Å². The number of carboxylic acid groups (broad SMARTS) is 1. The van der Waals surface area contributed by atoms with E-state index in [-0.39, 0.29) is 24.0 Å². The van der Waals surface area contributed by atoms with Gasteiger partial charge in [-0.2, -0.15) is 0 Å². The lowest BCUT2D eigenvalue weighted by Gasteiger charge is -2.28. The van der Waals surface area contributed by atoms with E-state index in [9.17, 15) is 9.59 Å². The number of ketones is 1. The van der Waals surface area contributed by atoms with E-state index in [2.05, 4.69) is 0 Å². The number of thiophene rings is 1. The second-order valence-electron chi connectivity index (χ2n) is 4.94. The molecule has 1 saturated carbocycles. The molecule has 0 bridgehead atoms. The van der Waals surface area contributed by atoms with Crippen LogP contribution in [-0.4, -0.2) is 16.9 Å². The van der Waals surface area contributed by atoms with Gasteiger partial charge in [-0.25, -0.2) is 0 Å². The third-order valence-electron chi connectivity index (χ3n) is 3.71. The average molecular weight is 266 g/mol. The highest BCUT2D eigenvalue weighted by Crippen LogP contribution is 2.34. The molecule has 1 atom stereocenters. The number of hydrogen-bond acceptors (Lipinski definition) is 3. The number of carbonyl (C=O) groups excluding carboxylic acids is 1. The number of carbonyl (C=O) groups is 2. The first-order valence-electron chi connectivity index (χ1n) is 6.48. The van der Waals surface area contributed by atoms with E-state index in [4.69, 9.17) is 5.11 Å². The number of aliphatic carboxylic acids is 1. The molecule has 0 aliphatic heterocycles. The largest absolute Gasteiger partial charge is 0.481 e. The lowest BCUT2D eigenvalue weighted by Crippen LogP contribution is -2.27. The zero-order valence-corrected chi connectivity index (χ0v) is 11.1. The summed E-state index contributed by atoms with van der Waals surface area (Å²) >= 11 is 1.41. The second kappa shape index (κ2) is 6.14. The minimum atomic E-state index is -0.865. The summed E-state index contributed by atoms with van der Waals surface area (Å²) in [4.78, 5) is 24.1. The highest BCUT2D eigenvalue weighted by Gasteiger charge is 2.32. The van der Waals surface area contributed by atoms with Gasteiger partial charge in [0, 0.05) is 5.92 Å². The molecule has 0 saturated heterocycles. The first-order chi connectivity index (χ1) is 8.68. The summed E-state index contributed by atoms with van der Waals surface area (Å²) < 4.78 is 0. The molecule has 1 aromatic rings. The van der Waals surface area contributed by atoms with Crippen molar-refractivity contribution in [2.24, 2.45) is 11.8 Å². The Morgan fingerprint density at radius 2 is 2.06 bits per heavy atom. The molecule has 2 rings (SSSR count).